The van der Waals surface area contributed by atoms with Gasteiger partial charge in [0, 0.05) is 48.7 Å². The van der Waals surface area contributed by atoms with Crippen molar-refractivity contribution in [3.63, 3.8) is 0 Å². The summed E-state index contributed by atoms with van der Waals surface area (Å²) in [6.45, 7) is 6.92. The fourth-order valence-corrected chi connectivity index (χ4v) is 10.6. The summed E-state index contributed by atoms with van der Waals surface area (Å²) in [5, 5.41) is 12.5. The third kappa shape index (κ3) is 7.07. The molecule has 12 heteroatoms. The lowest BCUT2D eigenvalue weighted by molar-refractivity contribution is -0.137. The number of aryl methyl sites for hydroxylation is 1. The van der Waals surface area contributed by atoms with Crippen molar-refractivity contribution in [1.29, 1.82) is 0 Å². The minimum atomic E-state index is -4.03. The highest BCUT2D eigenvalue weighted by Crippen LogP contribution is 2.48. The molecule has 2 N–H and O–H groups in total. The maximum atomic E-state index is 13.6. The van der Waals surface area contributed by atoms with Gasteiger partial charge in [0.25, 0.3) is 5.91 Å². The summed E-state index contributed by atoms with van der Waals surface area (Å²) in [4.78, 5) is 32.5. The smallest absolute Gasteiger partial charge is 0.264 e. The normalized spacial score (nSPS) is 32.7. The van der Waals surface area contributed by atoms with E-state index < -0.39 is 26.8 Å². The molecular formula is C40H49ClN4O6S. The van der Waals surface area contributed by atoms with Crippen LogP contribution in [0.2, 0.25) is 5.02 Å². The van der Waals surface area contributed by atoms with E-state index in [-0.39, 0.29) is 54.3 Å². The molecular weight excluding hydrogens is 700 g/mol. The minimum absolute atomic E-state index is 0.0545. The Bertz CT molecular complexity index is 1910. The monoisotopic (exact) mass is 748 g/mol. The molecule has 0 radical (unpaired) electrons. The zero-order valence-corrected chi connectivity index (χ0v) is 31.6. The van der Waals surface area contributed by atoms with E-state index in [0.717, 1.165) is 37.8 Å². The molecule has 2 amide bonds. The number of β-amino-alcohol motifs (C(OH)–C–C–N with tert-alkyl or cyclic N) is 1. The van der Waals surface area contributed by atoms with Crippen molar-refractivity contribution in [2.75, 3.05) is 57.3 Å². The number of halogens is 1. The predicted molar refractivity (Wildman–Crippen MR) is 202 cm³/mol. The molecule has 2 bridgehead atoms. The molecule has 0 aromatic heterocycles. The maximum Gasteiger partial charge on any atom is 0.264 e. The van der Waals surface area contributed by atoms with E-state index in [2.05, 4.69) is 27.7 Å². The summed E-state index contributed by atoms with van der Waals surface area (Å²) in [5.74, 6) is 2.12. The molecule has 2 fully saturated rings. The predicted octanol–water partition coefficient (Wildman–Crippen LogP) is 4.39. The molecule has 7 rings (SSSR count). The SMILES string of the molecule is C#CCN1CCN(C[C@]2(O)/C=C/C[C@H](C)[C@@H](C)S(=O)(=O)NC(=O)c3ccc4c(c3)N(C[C@@H]3CC[C@H]32)C[C@@]2(CCCc3cc(Cl)ccc32)CO4)CC1=O. The number of hydrogen-bond donors (Lipinski definition) is 2. The fraction of sp³-hybridized carbons (Fsp3) is 0.550. The Morgan fingerprint density at radius 3 is 2.71 bits per heavy atom. The Hall–Kier alpha value is -3.56. The number of carbonyl (C=O) groups is 2. The number of benzene rings is 2. The number of ether oxygens (including phenoxy) is 1. The van der Waals surface area contributed by atoms with E-state index in [4.69, 9.17) is 22.8 Å². The van der Waals surface area contributed by atoms with Crippen molar-refractivity contribution in [3.05, 3.63) is 70.3 Å². The van der Waals surface area contributed by atoms with E-state index in [1.54, 1.807) is 30.0 Å². The molecule has 52 heavy (non-hydrogen) atoms. The topological polar surface area (TPSA) is 119 Å². The third-order valence-electron chi connectivity index (χ3n) is 12.4. The fourth-order valence-electron chi connectivity index (χ4n) is 9.07. The highest BCUT2D eigenvalue weighted by Gasteiger charge is 2.49. The maximum absolute atomic E-state index is 13.6. The summed E-state index contributed by atoms with van der Waals surface area (Å²) in [5.41, 5.74) is 1.80. The Kier molecular flexibility index (Phi) is 10.2. The number of allylic oxidation sites excluding steroid dienone is 1. The van der Waals surface area contributed by atoms with Crippen LogP contribution in [0.3, 0.4) is 0 Å². The molecule has 3 heterocycles. The van der Waals surface area contributed by atoms with E-state index in [9.17, 15) is 23.1 Å². The van der Waals surface area contributed by atoms with Crippen LogP contribution >= 0.6 is 11.6 Å². The lowest BCUT2D eigenvalue weighted by atomic mass is 9.63. The van der Waals surface area contributed by atoms with Gasteiger partial charge in [0.15, 0.2) is 0 Å². The van der Waals surface area contributed by atoms with Gasteiger partial charge in [-0.15, -0.1) is 6.42 Å². The lowest BCUT2D eigenvalue weighted by Gasteiger charge is -2.50. The van der Waals surface area contributed by atoms with Crippen molar-refractivity contribution < 1.29 is 27.9 Å². The number of amides is 2. The van der Waals surface area contributed by atoms with E-state index in [1.165, 1.54) is 11.1 Å². The van der Waals surface area contributed by atoms with Crippen LogP contribution in [0.1, 0.15) is 67.4 Å². The van der Waals surface area contributed by atoms with Crippen molar-refractivity contribution in [3.8, 4) is 18.1 Å². The van der Waals surface area contributed by atoms with E-state index in [0.29, 0.717) is 50.0 Å². The Balaban J connectivity index is 1.28. The van der Waals surface area contributed by atoms with Gasteiger partial charge in [-0.05, 0) is 105 Å². The summed E-state index contributed by atoms with van der Waals surface area (Å²) < 4.78 is 36.0. The first-order chi connectivity index (χ1) is 24.8. The Labute approximate surface area is 312 Å². The molecule has 3 aliphatic heterocycles. The molecule has 1 saturated carbocycles. The van der Waals surface area contributed by atoms with Gasteiger partial charge in [-0.1, -0.05) is 42.7 Å². The zero-order valence-electron chi connectivity index (χ0n) is 30.0. The Morgan fingerprint density at radius 2 is 1.96 bits per heavy atom. The van der Waals surface area contributed by atoms with Gasteiger partial charge >= 0.3 is 0 Å². The number of terminal acetylenes is 1. The number of aliphatic hydroxyl groups is 1. The van der Waals surface area contributed by atoms with Gasteiger partial charge in [-0.25, -0.2) is 13.1 Å². The Morgan fingerprint density at radius 1 is 1.13 bits per heavy atom. The van der Waals surface area contributed by atoms with Gasteiger partial charge in [0.1, 0.15) is 5.75 Å². The number of fused-ring (bicyclic) bond motifs is 4. The second kappa shape index (κ2) is 14.3. The molecule has 1 saturated heterocycles. The van der Waals surface area contributed by atoms with Crippen LogP contribution in [0.15, 0.2) is 48.6 Å². The molecule has 5 aliphatic rings. The van der Waals surface area contributed by atoms with Gasteiger partial charge in [0.2, 0.25) is 15.9 Å². The van der Waals surface area contributed by atoms with Crippen LogP contribution < -0.4 is 14.4 Å². The average molecular weight is 749 g/mol. The number of carbonyl (C=O) groups excluding carboxylic acids is 2. The van der Waals surface area contributed by atoms with Gasteiger partial charge in [0.05, 0.1) is 36.2 Å². The molecule has 1 spiro atoms. The van der Waals surface area contributed by atoms with Gasteiger partial charge in [-0.2, -0.15) is 0 Å². The highest BCUT2D eigenvalue weighted by molar-refractivity contribution is 7.90. The van der Waals surface area contributed by atoms with E-state index in [1.807, 2.05) is 30.0 Å². The zero-order chi connectivity index (χ0) is 36.8. The number of nitrogens with zero attached hydrogens (tertiary/aromatic N) is 3. The molecule has 6 atom stereocenters. The molecule has 10 nitrogen and oxygen atoms in total. The number of rotatable bonds is 3. The second-order valence-electron chi connectivity index (χ2n) is 15.7. The van der Waals surface area contributed by atoms with Gasteiger partial charge in [-0.3, -0.25) is 14.5 Å². The highest BCUT2D eigenvalue weighted by atomic mass is 35.5. The first kappa shape index (κ1) is 36.8. The average Bonchev–Trinajstić information content (AvgIpc) is 3.23. The first-order valence-electron chi connectivity index (χ1n) is 18.5. The molecule has 0 unspecified atom stereocenters. The number of piperazine rings is 1. The van der Waals surface area contributed by atoms with Gasteiger partial charge < -0.3 is 19.6 Å². The van der Waals surface area contributed by atoms with Crippen LogP contribution in [0.4, 0.5) is 5.69 Å². The van der Waals surface area contributed by atoms with Crippen LogP contribution in [0.25, 0.3) is 0 Å². The lowest BCUT2D eigenvalue weighted by Crippen LogP contribution is -2.59. The number of nitrogens with one attached hydrogen (secondary N) is 1. The summed E-state index contributed by atoms with van der Waals surface area (Å²) in [6, 6.07) is 11.3. The van der Waals surface area contributed by atoms with Crippen molar-refractivity contribution in [2.24, 2.45) is 17.8 Å². The van der Waals surface area contributed by atoms with Crippen LogP contribution in [-0.2, 0) is 26.7 Å². The molecule has 278 valence electrons. The summed E-state index contributed by atoms with van der Waals surface area (Å²) in [6.07, 6.45) is 14.2. The van der Waals surface area contributed by atoms with Crippen LogP contribution in [0, 0.1) is 30.1 Å². The third-order valence-corrected chi connectivity index (χ3v) is 14.6. The van der Waals surface area contributed by atoms with Crippen LogP contribution in [0.5, 0.6) is 5.75 Å². The quantitative estimate of drug-likeness (QED) is 0.351. The minimum Gasteiger partial charge on any atom is -0.490 e. The number of hydrogen-bond acceptors (Lipinski definition) is 8. The first-order valence-corrected chi connectivity index (χ1v) is 20.4. The second-order valence-corrected chi connectivity index (χ2v) is 18.2. The molecule has 2 aliphatic carbocycles. The molecule has 2 aromatic rings. The van der Waals surface area contributed by atoms with Crippen molar-refractivity contribution >= 4 is 39.1 Å². The number of anilines is 1. The van der Waals surface area contributed by atoms with Crippen LogP contribution in [-0.4, -0.2) is 98.4 Å². The van der Waals surface area contributed by atoms with Crippen molar-refractivity contribution in [2.45, 2.75) is 68.6 Å². The summed E-state index contributed by atoms with van der Waals surface area (Å²) >= 11 is 6.46. The standard InChI is InChI=1S/C40H49ClN4O6S/c1-4-17-44-19-18-43(23-37(44)46)25-40(48)16-5-7-27(2)28(3)52(49,50)42-38(47)30-10-14-36-35(21-30)45(22-31-9-12-34(31)40)24-39(26-51-36)15-6-8-29-20-32(41)11-13-33(29)39/h1,5,10-11,13-14,16,20-21,27-28,31,34,48H,6-9,12,15,17-19,22-26H2,2-3H3,(H,42,47)/b16-5+/t27-,28+,31-,34+,39-,40+/m0/s1. The largest absolute Gasteiger partial charge is 0.490 e. The summed E-state index contributed by atoms with van der Waals surface area (Å²) in [7, 11) is -4.03. The van der Waals surface area contributed by atoms with E-state index >= 15 is 0 Å². The number of sulfonamides is 1. The molecule has 2 aromatic carbocycles. The van der Waals surface area contributed by atoms with Crippen molar-refractivity contribution in [1.82, 2.24) is 14.5 Å².